The number of ether oxygens (including phenoxy) is 1. The van der Waals surface area contributed by atoms with E-state index >= 15 is 0 Å². The summed E-state index contributed by atoms with van der Waals surface area (Å²) in [4.78, 5) is 14.8. The number of nitrogens with one attached hydrogen (secondary N) is 1. The molecule has 1 heterocycles. The van der Waals surface area contributed by atoms with Crippen molar-refractivity contribution in [2.45, 2.75) is 33.0 Å². The van der Waals surface area contributed by atoms with E-state index in [1.54, 1.807) is 31.4 Å². The summed E-state index contributed by atoms with van der Waals surface area (Å²) in [7, 11) is 1.60. The molecule has 0 radical (unpaired) electrons. The lowest BCUT2D eigenvalue weighted by Crippen LogP contribution is -2.40. The molecule has 164 valence electrons. The van der Waals surface area contributed by atoms with Gasteiger partial charge >= 0.3 is 0 Å². The third-order valence-corrected chi connectivity index (χ3v) is 5.91. The number of methoxy groups -OCH3 is 1. The fourth-order valence-corrected chi connectivity index (χ4v) is 4.06. The first kappa shape index (κ1) is 22.9. The minimum absolute atomic E-state index is 0.0271. The van der Waals surface area contributed by atoms with Gasteiger partial charge in [-0.15, -0.1) is 10.2 Å². The van der Waals surface area contributed by atoms with E-state index in [1.807, 2.05) is 18.2 Å². The molecule has 0 aliphatic carbocycles. The molecule has 0 spiro atoms. The zero-order valence-electron chi connectivity index (χ0n) is 18.0. The van der Waals surface area contributed by atoms with Gasteiger partial charge in [0.15, 0.2) is 0 Å². The van der Waals surface area contributed by atoms with Crippen molar-refractivity contribution in [3.05, 3.63) is 70.2 Å². The van der Waals surface area contributed by atoms with Crippen LogP contribution in [-0.2, 0) is 13.1 Å². The molecular weight excluding hydrogens is 412 g/mol. The van der Waals surface area contributed by atoms with Gasteiger partial charge in [-0.1, -0.05) is 55.5 Å². The average molecular weight is 441 g/mol. The van der Waals surface area contributed by atoms with Crippen LogP contribution in [0.3, 0.4) is 0 Å². The van der Waals surface area contributed by atoms with Gasteiger partial charge in [0.2, 0.25) is 5.01 Å². The summed E-state index contributed by atoms with van der Waals surface area (Å²) in [5.74, 6) is 0.684. The van der Waals surface area contributed by atoms with E-state index in [4.69, 9.17) is 4.74 Å². The lowest BCUT2D eigenvalue weighted by molar-refractivity contribution is 0.0782. The molecule has 1 amide bonds. The van der Waals surface area contributed by atoms with Crippen molar-refractivity contribution in [3.8, 4) is 5.75 Å². The lowest BCUT2D eigenvalue weighted by atomic mass is 10.0. The Kier molecular flexibility index (Phi) is 8.11. The van der Waals surface area contributed by atoms with Crippen molar-refractivity contribution in [1.29, 1.82) is 0 Å². The van der Waals surface area contributed by atoms with Crippen molar-refractivity contribution in [2.24, 2.45) is 5.92 Å². The highest BCUT2D eigenvalue weighted by Crippen LogP contribution is 2.21. The Morgan fingerprint density at radius 3 is 2.42 bits per heavy atom. The number of rotatable bonds is 10. The molecule has 1 atom stereocenters. The van der Waals surface area contributed by atoms with Crippen LogP contribution in [0.5, 0.6) is 5.75 Å². The zero-order valence-corrected chi connectivity index (χ0v) is 18.8. The van der Waals surface area contributed by atoms with Crippen LogP contribution in [0.1, 0.15) is 34.2 Å². The summed E-state index contributed by atoms with van der Waals surface area (Å²) >= 11 is 1.26. The molecule has 0 saturated heterocycles. The minimum Gasteiger partial charge on any atom is -0.497 e. The fourth-order valence-electron chi connectivity index (χ4n) is 3.30. The number of hydrogen-bond acceptors (Lipinski definition) is 7. The molecule has 7 nitrogen and oxygen atoms in total. The highest BCUT2D eigenvalue weighted by molar-refractivity contribution is 7.13. The highest BCUT2D eigenvalue weighted by atomic mass is 32.1. The number of aliphatic hydroxyl groups excluding tert-OH is 1. The third-order valence-electron chi connectivity index (χ3n) is 5.00. The molecule has 8 heteroatoms. The van der Waals surface area contributed by atoms with Crippen molar-refractivity contribution in [1.82, 2.24) is 15.1 Å². The van der Waals surface area contributed by atoms with Crippen LogP contribution in [0.4, 0.5) is 5.69 Å². The first-order valence-electron chi connectivity index (χ1n) is 10.2. The molecule has 1 aromatic heterocycles. The van der Waals surface area contributed by atoms with E-state index < -0.39 is 0 Å². The smallest absolute Gasteiger partial charge is 0.286 e. The normalized spacial score (nSPS) is 12.2. The topological polar surface area (TPSA) is 87.6 Å². The van der Waals surface area contributed by atoms with Crippen LogP contribution >= 0.6 is 11.3 Å². The van der Waals surface area contributed by atoms with Gasteiger partial charge in [-0.3, -0.25) is 9.69 Å². The largest absolute Gasteiger partial charge is 0.497 e. The quantitative estimate of drug-likeness (QED) is 0.498. The maximum Gasteiger partial charge on any atom is 0.286 e. The van der Waals surface area contributed by atoms with Gasteiger partial charge in [0.25, 0.3) is 5.91 Å². The van der Waals surface area contributed by atoms with E-state index in [0.29, 0.717) is 23.8 Å². The number of aliphatic hydroxyl groups is 1. The van der Waals surface area contributed by atoms with Gasteiger partial charge in [-0.2, -0.15) is 0 Å². The van der Waals surface area contributed by atoms with E-state index in [-0.39, 0.29) is 24.5 Å². The molecule has 3 aromatic rings. The number of carbonyl (C=O) groups excluding carboxylic acids is 1. The highest BCUT2D eigenvalue weighted by Gasteiger charge is 2.24. The summed E-state index contributed by atoms with van der Waals surface area (Å²) in [5.41, 5.74) is 1.82. The van der Waals surface area contributed by atoms with Gasteiger partial charge in [0.1, 0.15) is 10.8 Å². The molecule has 0 saturated carbocycles. The van der Waals surface area contributed by atoms with E-state index in [0.717, 1.165) is 16.3 Å². The van der Waals surface area contributed by atoms with Gasteiger partial charge < -0.3 is 15.2 Å². The Balaban J connectivity index is 1.71. The lowest BCUT2D eigenvalue weighted by Gasteiger charge is -2.32. The van der Waals surface area contributed by atoms with Crippen LogP contribution in [-0.4, -0.2) is 45.9 Å². The zero-order chi connectivity index (χ0) is 22.2. The Hall–Kier alpha value is -2.81. The number of hydrogen-bond donors (Lipinski definition) is 2. The number of aromatic nitrogens is 2. The molecule has 0 fully saturated rings. The van der Waals surface area contributed by atoms with E-state index in [9.17, 15) is 9.90 Å². The second-order valence-electron chi connectivity index (χ2n) is 7.57. The third kappa shape index (κ3) is 6.33. The predicted octanol–water partition coefficient (Wildman–Crippen LogP) is 3.82. The summed E-state index contributed by atoms with van der Waals surface area (Å²) < 4.78 is 5.13. The van der Waals surface area contributed by atoms with Crippen LogP contribution in [0.15, 0.2) is 54.6 Å². The standard InChI is InChI=1S/C23H28N4O3S/c1-16(2)20(15-28)27(13-17-7-5-4-6-8-17)14-21-25-26-23(31-21)22(29)24-18-9-11-19(30-3)12-10-18/h4-12,16,20,28H,13-15H2,1-3H3,(H,24,29). The number of anilines is 1. The molecule has 31 heavy (non-hydrogen) atoms. The Bertz CT molecular complexity index is 960. The van der Waals surface area contributed by atoms with Crippen molar-refractivity contribution in [2.75, 3.05) is 19.0 Å². The Morgan fingerprint density at radius 1 is 1.10 bits per heavy atom. The second-order valence-corrected chi connectivity index (χ2v) is 8.63. The molecule has 0 aliphatic rings. The summed E-state index contributed by atoms with van der Waals surface area (Å²) in [6.07, 6.45) is 0. The molecule has 0 aliphatic heterocycles. The molecule has 2 aromatic carbocycles. The van der Waals surface area contributed by atoms with Crippen LogP contribution in [0.25, 0.3) is 0 Å². The van der Waals surface area contributed by atoms with Gasteiger partial charge in [0.05, 0.1) is 20.3 Å². The number of benzene rings is 2. The monoisotopic (exact) mass is 440 g/mol. The molecule has 2 N–H and O–H groups in total. The fraction of sp³-hybridized carbons (Fsp3) is 0.348. The van der Waals surface area contributed by atoms with Crippen LogP contribution in [0.2, 0.25) is 0 Å². The number of amides is 1. The molecular formula is C23H28N4O3S. The minimum atomic E-state index is -0.300. The SMILES string of the molecule is COc1ccc(NC(=O)c2nnc(CN(Cc3ccccc3)C(CO)C(C)C)s2)cc1. The Morgan fingerprint density at radius 2 is 1.81 bits per heavy atom. The Labute approximate surface area is 186 Å². The molecule has 1 unspecified atom stereocenters. The first-order chi connectivity index (χ1) is 15.0. The predicted molar refractivity (Wildman–Crippen MR) is 122 cm³/mol. The first-order valence-corrected chi connectivity index (χ1v) is 11.0. The van der Waals surface area contributed by atoms with Crippen molar-refractivity contribution < 1.29 is 14.6 Å². The average Bonchev–Trinajstić information content (AvgIpc) is 3.24. The van der Waals surface area contributed by atoms with E-state index in [1.165, 1.54) is 11.3 Å². The summed E-state index contributed by atoms with van der Waals surface area (Å²) in [6.45, 7) is 5.41. The van der Waals surface area contributed by atoms with Gasteiger partial charge in [-0.25, -0.2) is 0 Å². The van der Waals surface area contributed by atoms with Gasteiger partial charge in [-0.05, 0) is 35.7 Å². The van der Waals surface area contributed by atoms with Crippen LogP contribution < -0.4 is 10.1 Å². The van der Waals surface area contributed by atoms with E-state index in [2.05, 4.69) is 46.4 Å². The van der Waals surface area contributed by atoms with Crippen molar-refractivity contribution in [3.63, 3.8) is 0 Å². The maximum absolute atomic E-state index is 12.6. The van der Waals surface area contributed by atoms with Crippen LogP contribution in [0, 0.1) is 5.92 Å². The molecule has 3 rings (SSSR count). The van der Waals surface area contributed by atoms with Crippen molar-refractivity contribution >= 4 is 22.9 Å². The maximum atomic E-state index is 12.6. The molecule has 0 bridgehead atoms. The number of carbonyl (C=O) groups is 1. The summed E-state index contributed by atoms with van der Waals surface area (Å²) in [6, 6.07) is 17.2. The summed E-state index contributed by atoms with van der Waals surface area (Å²) in [5, 5.41) is 22.1. The number of nitrogens with zero attached hydrogens (tertiary/aromatic N) is 3. The van der Waals surface area contributed by atoms with Gasteiger partial charge in [0, 0.05) is 18.3 Å². The second kappa shape index (κ2) is 11.0.